The summed E-state index contributed by atoms with van der Waals surface area (Å²) in [4.78, 5) is 0. The Morgan fingerprint density at radius 1 is 1.22 bits per heavy atom. The van der Waals surface area contributed by atoms with E-state index in [4.69, 9.17) is 0 Å². The van der Waals surface area contributed by atoms with Gasteiger partial charge < -0.3 is 0 Å². The van der Waals surface area contributed by atoms with Crippen LogP contribution in [0.1, 0.15) is 13.8 Å². The first-order valence-corrected chi connectivity index (χ1v) is 7.54. The second-order valence-electron chi connectivity index (χ2n) is 2.99. The van der Waals surface area contributed by atoms with E-state index in [1.54, 1.807) is 0 Å². The van der Waals surface area contributed by atoms with E-state index in [9.17, 15) is 0 Å². The molecule has 0 saturated carbocycles. The summed E-state index contributed by atoms with van der Waals surface area (Å²) in [5.41, 5.74) is 0. The van der Waals surface area contributed by atoms with Crippen LogP contribution in [0.5, 0.6) is 0 Å². The molecule has 0 rings (SSSR count). The monoisotopic (exact) mass is 162 g/mol. The molecule has 0 saturated heterocycles. The Kier molecular flexibility index (Phi) is 4.67. The highest BCUT2D eigenvalue weighted by Gasteiger charge is 2.20. The predicted octanol–water partition coefficient (Wildman–Crippen LogP) is 3.03. The van der Waals surface area contributed by atoms with Gasteiger partial charge in [-0.25, -0.2) is 0 Å². The fraction of sp³-hybridized carbons (Fsp3) is 1.00. The zero-order valence-corrected chi connectivity index (χ0v) is 8.67. The molecular formula is C7H18SSi. The van der Waals surface area contributed by atoms with E-state index >= 15 is 0 Å². The molecule has 0 aliphatic carbocycles. The summed E-state index contributed by atoms with van der Waals surface area (Å²) in [7, 11) is -0.774. The minimum atomic E-state index is -0.774. The first-order valence-electron chi connectivity index (χ1n) is 3.79. The maximum absolute atomic E-state index is 4.26. The first kappa shape index (κ1) is 9.57. The SMILES string of the molecule is CC[Si](C)(CC)CCS. The van der Waals surface area contributed by atoms with E-state index in [1.807, 2.05) is 0 Å². The Hall–Kier alpha value is 0.567. The number of hydrogen-bond donors (Lipinski definition) is 1. The molecule has 0 aromatic heterocycles. The van der Waals surface area contributed by atoms with Crippen LogP contribution in [-0.2, 0) is 0 Å². The van der Waals surface area contributed by atoms with Crippen LogP contribution >= 0.6 is 12.6 Å². The molecule has 0 aliphatic rings. The molecule has 9 heavy (non-hydrogen) atoms. The second kappa shape index (κ2) is 4.39. The molecule has 0 radical (unpaired) electrons. The molecule has 0 bridgehead atoms. The first-order chi connectivity index (χ1) is 4.18. The van der Waals surface area contributed by atoms with E-state index in [0.29, 0.717) is 0 Å². The van der Waals surface area contributed by atoms with Crippen molar-refractivity contribution in [3.8, 4) is 0 Å². The molecule has 0 aromatic carbocycles. The lowest BCUT2D eigenvalue weighted by atomic mass is 10.9. The Bertz CT molecular complexity index is 69.3. The highest BCUT2D eigenvalue weighted by molar-refractivity contribution is 7.80. The number of hydrogen-bond acceptors (Lipinski definition) is 1. The van der Waals surface area contributed by atoms with Gasteiger partial charge in [0.05, 0.1) is 8.07 Å². The summed E-state index contributed by atoms with van der Waals surface area (Å²) in [5, 5.41) is 0. The summed E-state index contributed by atoms with van der Waals surface area (Å²) < 4.78 is 0. The van der Waals surface area contributed by atoms with Gasteiger partial charge in [0.15, 0.2) is 0 Å². The molecule has 0 atom stereocenters. The van der Waals surface area contributed by atoms with Crippen LogP contribution in [0.4, 0.5) is 0 Å². The third kappa shape index (κ3) is 3.31. The average molecular weight is 162 g/mol. The maximum atomic E-state index is 4.26. The van der Waals surface area contributed by atoms with Crippen LogP contribution in [-0.4, -0.2) is 13.8 Å². The highest BCUT2D eigenvalue weighted by atomic mass is 32.1. The molecule has 0 aromatic rings. The molecule has 0 unspecified atom stereocenters. The largest absolute Gasteiger partial charge is 0.180 e. The van der Waals surface area contributed by atoms with Crippen molar-refractivity contribution in [2.24, 2.45) is 0 Å². The summed E-state index contributed by atoms with van der Waals surface area (Å²) in [6.07, 6.45) is 0. The zero-order valence-electron chi connectivity index (χ0n) is 6.78. The Balaban J connectivity index is 3.62. The van der Waals surface area contributed by atoms with E-state index < -0.39 is 8.07 Å². The van der Waals surface area contributed by atoms with E-state index in [1.165, 1.54) is 18.1 Å². The molecule has 0 spiro atoms. The zero-order chi connectivity index (χ0) is 7.33. The van der Waals surface area contributed by atoms with E-state index in [-0.39, 0.29) is 0 Å². The van der Waals surface area contributed by atoms with Gasteiger partial charge in [0.1, 0.15) is 0 Å². The van der Waals surface area contributed by atoms with Crippen molar-refractivity contribution < 1.29 is 0 Å². The maximum Gasteiger partial charge on any atom is 0.0507 e. The minimum absolute atomic E-state index is 0.774. The second-order valence-corrected chi connectivity index (χ2v) is 8.97. The summed E-state index contributed by atoms with van der Waals surface area (Å²) >= 11 is 4.26. The molecule has 2 heteroatoms. The fourth-order valence-electron chi connectivity index (χ4n) is 0.873. The Morgan fingerprint density at radius 3 is 1.78 bits per heavy atom. The van der Waals surface area contributed by atoms with Crippen LogP contribution in [0.3, 0.4) is 0 Å². The molecule has 56 valence electrons. The molecule has 0 nitrogen and oxygen atoms in total. The smallest absolute Gasteiger partial charge is 0.0507 e. The van der Waals surface area contributed by atoms with Gasteiger partial charge in [0.25, 0.3) is 0 Å². The van der Waals surface area contributed by atoms with Crippen molar-refractivity contribution >= 4 is 20.7 Å². The third-order valence-electron chi connectivity index (χ3n) is 2.42. The van der Waals surface area contributed by atoms with Gasteiger partial charge in [0.2, 0.25) is 0 Å². The van der Waals surface area contributed by atoms with Gasteiger partial charge in [0, 0.05) is 0 Å². The Labute approximate surface area is 65.5 Å². The molecule has 0 heterocycles. The van der Waals surface area contributed by atoms with Gasteiger partial charge in [-0.1, -0.05) is 32.5 Å². The van der Waals surface area contributed by atoms with Crippen molar-refractivity contribution in [1.82, 2.24) is 0 Å². The van der Waals surface area contributed by atoms with Crippen molar-refractivity contribution in [2.75, 3.05) is 5.75 Å². The van der Waals surface area contributed by atoms with Gasteiger partial charge >= 0.3 is 0 Å². The van der Waals surface area contributed by atoms with Gasteiger partial charge in [-0.2, -0.15) is 12.6 Å². The molecule has 0 fully saturated rings. The van der Waals surface area contributed by atoms with Crippen molar-refractivity contribution in [3.63, 3.8) is 0 Å². The third-order valence-corrected chi connectivity index (χ3v) is 7.94. The normalized spacial score (nSPS) is 12.0. The van der Waals surface area contributed by atoms with Crippen LogP contribution in [0.25, 0.3) is 0 Å². The summed E-state index contributed by atoms with van der Waals surface area (Å²) in [5.74, 6) is 1.09. The van der Waals surface area contributed by atoms with Crippen LogP contribution in [0.2, 0.25) is 24.7 Å². The topological polar surface area (TPSA) is 0 Å². The summed E-state index contributed by atoms with van der Waals surface area (Å²) in [6.45, 7) is 7.11. The van der Waals surface area contributed by atoms with E-state index in [2.05, 4.69) is 33.0 Å². The molecule has 0 amide bonds. The lowest BCUT2D eigenvalue weighted by molar-refractivity contribution is 1.18. The quantitative estimate of drug-likeness (QED) is 0.477. The van der Waals surface area contributed by atoms with Crippen LogP contribution in [0.15, 0.2) is 0 Å². The predicted molar refractivity (Wildman–Crippen MR) is 51.2 cm³/mol. The lowest BCUT2D eigenvalue weighted by Crippen LogP contribution is -2.27. The standard InChI is InChI=1S/C7H18SSi/c1-4-9(3,5-2)7-6-8/h8H,4-7H2,1-3H3. The lowest BCUT2D eigenvalue weighted by Gasteiger charge is -2.22. The summed E-state index contributed by atoms with van der Waals surface area (Å²) in [6, 6.07) is 4.23. The van der Waals surface area contributed by atoms with Crippen molar-refractivity contribution in [2.45, 2.75) is 38.5 Å². The fourth-order valence-corrected chi connectivity index (χ4v) is 4.24. The van der Waals surface area contributed by atoms with Crippen LogP contribution in [0, 0.1) is 0 Å². The Morgan fingerprint density at radius 2 is 1.67 bits per heavy atom. The van der Waals surface area contributed by atoms with Gasteiger partial charge in [-0.3, -0.25) is 0 Å². The van der Waals surface area contributed by atoms with Crippen molar-refractivity contribution in [3.05, 3.63) is 0 Å². The van der Waals surface area contributed by atoms with E-state index in [0.717, 1.165) is 5.75 Å². The van der Waals surface area contributed by atoms with Crippen LogP contribution < -0.4 is 0 Å². The minimum Gasteiger partial charge on any atom is -0.180 e. The number of thiol groups is 1. The van der Waals surface area contributed by atoms with Gasteiger partial charge in [-0.05, 0) is 11.8 Å². The molecular weight excluding hydrogens is 144 g/mol. The molecule has 0 N–H and O–H groups in total. The molecule has 0 aliphatic heterocycles. The number of rotatable bonds is 4. The van der Waals surface area contributed by atoms with Gasteiger partial charge in [-0.15, -0.1) is 0 Å². The highest BCUT2D eigenvalue weighted by Crippen LogP contribution is 2.19. The van der Waals surface area contributed by atoms with Crippen molar-refractivity contribution in [1.29, 1.82) is 0 Å². The average Bonchev–Trinajstić information content (AvgIpc) is 1.89.